The summed E-state index contributed by atoms with van der Waals surface area (Å²) in [5, 5.41) is 5.39. The standard InChI is InChI=1S/C18H21ClN2O4S/c1-20(2)21(13-9-10-26(23,24)12-13)18(22)11-25-17-8-7-16(19)14-5-3-4-6-15(14)17/h3-8,13H,9-12H2,1-2H3/t13-/m1/s1. The second-order valence-electron chi connectivity index (χ2n) is 6.52. The fraction of sp³-hybridized carbons (Fsp3) is 0.389. The van der Waals surface area contributed by atoms with Gasteiger partial charge in [-0.3, -0.25) is 9.80 Å². The fourth-order valence-corrected chi connectivity index (χ4v) is 5.21. The van der Waals surface area contributed by atoms with E-state index in [1.807, 2.05) is 24.3 Å². The summed E-state index contributed by atoms with van der Waals surface area (Å²) in [6.07, 6.45) is 0.441. The van der Waals surface area contributed by atoms with Crippen molar-refractivity contribution in [3.05, 3.63) is 41.4 Å². The maximum atomic E-state index is 12.7. The minimum absolute atomic E-state index is 0.0131. The Morgan fingerprint density at radius 1 is 1.19 bits per heavy atom. The number of fused-ring (bicyclic) bond motifs is 1. The van der Waals surface area contributed by atoms with E-state index in [1.54, 1.807) is 31.2 Å². The van der Waals surface area contributed by atoms with Crippen LogP contribution >= 0.6 is 11.6 Å². The van der Waals surface area contributed by atoms with E-state index >= 15 is 0 Å². The molecule has 1 fully saturated rings. The molecule has 1 atom stereocenters. The molecule has 0 radical (unpaired) electrons. The van der Waals surface area contributed by atoms with Gasteiger partial charge in [-0.1, -0.05) is 35.9 Å². The SMILES string of the molecule is CN(C)N(C(=O)COc1ccc(Cl)c2ccccc12)[C@@H]1CCS(=O)(=O)C1. The fourth-order valence-electron chi connectivity index (χ4n) is 3.29. The quantitative estimate of drug-likeness (QED) is 0.726. The molecule has 1 aliphatic rings. The number of halogens is 1. The molecule has 0 bridgehead atoms. The smallest absolute Gasteiger partial charge is 0.275 e. The zero-order valence-corrected chi connectivity index (χ0v) is 16.3. The third-order valence-corrected chi connectivity index (χ3v) is 6.50. The molecule has 0 unspecified atom stereocenters. The van der Waals surface area contributed by atoms with Crippen molar-refractivity contribution < 1.29 is 17.9 Å². The van der Waals surface area contributed by atoms with Crippen molar-refractivity contribution in [3.63, 3.8) is 0 Å². The van der Waals surface area contributed by atoms with Gasteiger partial charge in [0.1, 0.15) is 5.75 Å². The van der Waals surface area contributed by atoms with Crippen LogP contribution in [0.25, 0.3) is 10.8 Å². The van der Waals surface area contributed by atoms with Crippen molar-refractivity contribution in [2.75, 3.05) is 32.2 Å². The number of carbonyl (C=O) groups is 1. The van der Waals surface area contributed by atoms with Crippen LogP contribution < -0.4 is 4.74 Å². The monoisotopic (exact) mass is 396 g/mol. The van der Waals surface area contributed by atoms with Gasteiger partial charge in [0.15, 0.2) is 16.4 Å². The molecule has 140 valence electrons. The van der Waals surface area contributed by atoms with Crippen LogP contribution in [0.1, 0.15) is 6.42 Å². The Kier molecular flexibility index (Phi) is 5.41. The second kappa shape index (κ2) is 7.42. The average molecular weight is 397 g/mol. The van der Waals surface area contributed by atoms with Crippen molar-refractivity contribution >= 4 is 38.1 Å². The minimum atomic E-state index is -3.08. The molecule has 1 heterocycles. The Hall–Kier alpha value is -1.83. The lowest BCUT2D eigenvalue weighted by Crippen LogP contribution is -2.51. The van der Waals surface area contributed by atoms with Crippen LogP contribution in [0.4, 0.5) is 0 Å². The number of hydrogen-bond donors (Lipinski definition) is 0. The zero-order chi connectivity index (χ0) is 18.9. The van der Waals surface area contributed by atoms with Gasteiger partial charge < -0.3 is 4.74 Å². The zero-order valence-electron chi connectivity index (χ0n) is 14.7. The van der Waals surface area contributed by atoms with Crippen molar-refractivity contribution in [2.24, 2.45) is 0 Å². The van der Waals surface area contributed by atoms with E-state index < -0.39 is 9.84 Å². The maximum absolute atomic E-state index is 12.7. The number of nitrogens with zero attached hydrogens (tertiary/aromatic N) is 2. The molecular weight excluding hydrogens is 376 g/mol. The predicted molar refractivity (Wildman–Crippen MR) is 102 cm³/mol. The number of benzene rings is 2. The lowest BCUT2D eigenvalue weighted by molar-refractivity contribution is -0.151. The van der Waals surface area contributed by atoms with Crippen LogP contribution in [-0.2, 0) is 14.6 Å². The van der Waals surface area contributed by atoms with Gasteiger partial charge in [0.25, 0.3) is 5.91 Å². The molecule has 2 aromatic carbocycles. The van der Waals surface area contributed by atoms with Crippen LogP contribution in [0.2, 0.25) is 5.02 Å². The molecule has 6 nitrogen and oxygen atoms in total. The van der Waals surface area contributed by atoms with E-state index in [1.165, 1.54) is 5.01 Å². The molecule has 2 aromatic rings. The van der Waals surface area contributed by atoms with Gasteiger partial charge >= 0.3 is 0 Å². The number of hydrogen-bond acceptors (Lipinski definition) is 5. The first kappa shape index (κ1) is 18.9. The number of rotatable bonds is 5. The van der Waals surface area contributed by atoms with Gasteiger partial charge in [0.2, 0.25) is 0 Å². The Bertz CT molecular complexity index is 930. The van der Waals surface area contributed by atoms with E-state index in [9.17, 15) is 13.2 Å². The average Bonchev–Trinajstić information content (AvgIpc) is 2.94. The molecule has 0 saturated carbocycles. The van der Waals surface area contributed by atoms with Gasteiger partial charge in [-0.2, -0.15) is 0 Å². The van der Waals surface area contributed by atoms with Crippen LogP contribution in [-0.4, -0.2) is 62.6 Å². The number of hydrazine groups is 1. The van der Waals surface area contributed by atoms with E-state index in [0.717, 1.165) is 10.8 Å². The molecule has 1 aliphatic heterocycles. The van der Waals surface area contributed by atoms with Crippen molar-refractivity contribution in [3.8, 4) is 5.75 Å². The highest BCUT2D eigenvalue weighted by molar-refractivity contribution is 7.91. The van der Waals surface area contributed by atoms with Crippen molar-refractivity contribution in [2.45, 2.75) is 12.5 Å². The summed E-state index contributed by atoms with van der Waals surface area (Å²) in [4.78, 5) is 12.7. The molecule has 1 amide bonds. The summed E-state index contributed by atoms with van der Waals surface area (Å²) in [6.45, 7) is -0.180. The highest BCUT2D eigenvalue weighted by Crippen LogP contribution is 2.31. The summed E-state index contributed by atoms with van der Waals surface area (Å²) >= 11 is 6.20. The van der Waals surface area contributed by atoms with Crippen LogP contribution in [0.5, 0.6) is 5.75 Å². The number of ether oxygens (including phenoxy) is 1. The van der Waals surface area contributed by atoms with Gasteiger partial charge in [-0.05, 0) is 18.6 Å². The Morgan fingerprint density at radius 3 is 2.50 bits per heavy atom. The number of carbonyl (C=O) groups excluding carboxylic acids is 1. The van der Waals surface area contributed by atoms with Gasteiger partial charge in [0.05, 0.1) is 17.5 Å². The van der Waals surface area contributed by atoms with Gasteiger partial charge in [0, 0.05) is 29.9 Å². The molecule has 0 aromatic heterocycles. The molecule has 0 aliphatic carbocycles. The summed E-state index contributed by atoms with van der Waals surface area (Å²) in [5.74, 6) is 0.380. The van der Waals surface area contributed by atoms with E-state index in [4.69, 9.17) is 16.3 Å². The van der Waals surface area contributed by atoms with Crippen LogP contribution in [0.3, 0.4) is 0 Å². The minimum Gasteiger partial charge on any atom is -0.483 e. The third-order valence-electron chi connectivity index (χ3n) is 4.42. The van der Waals surface area contributed by atoms with Crippen molar-refractivity contribution in [1.29, 1.82) is 0 Å². The molecule has 0 spiro atoms. The summed E-state index contributed by atoms with van der Waals surface area (Å²) in [6, 6.07) is 10.7. The molecule has 26 heavy (non-hydrogen) atoms. The maximum Gasteiger partial charge on any atom is 0.275 e. The van der Waals surface area contributed by atoms with E-state index in [0.29, 0.717) is 17.2 Å². The number of amides is 1. The first-order valence-electron chi connectivity index (χ1n) is 8.28. The molecular formula is C18H21ClN2O4S. The van der Waals surface area contributed by atoms with E-state index in [-0.39, 0.29) is 30.1 Å². The van der Waals surface area contributed by atoms with Crippen LogP contribution in [0.15, 0.2) is 36.4 Å². The summed E-state index contributed by atoms with van der Waals surface area (Å²) in [5.41, 5.74) is 0. The molecule has 0 N–H and O–H groups in total. The first-order chi connectivity index (χ1) is 12.3. The summed E-state index contributed by atoms with van der Waals surface area (Å²) in [7, 11) is 0.361. The van der Waals surface area contributed by atoms with Crippen molar-refractivity contribution in [1.82, 2.24) is 10.0 Å². The molecule has 8 heteroatoms. The highest BCUT2D eigenvalue weighted by Gasteiger charge is 2.36. The number of sulfone groups is 1. The Morgan fingerprint density at radius 2 is 1.88 bits per heavy atom. The lowest BCUT2D eigenvalue weighted by Gasteiger charge is -2.33. The molecule has 3 rings (SSSR count). The van der Waals surface area contributed by atoms with Gasteiger partial charge in [-0.15, -0.1) is 0 Å². The highest BCUT2D eigenvalue weighted by atomic mass is 35.5. The summed E-state index contributed by atoms with van der Waals surface area (Å²) < 4.78 is 29.2. The largest absolute Gasteiger partial charge is 0.483 e. The predicted octanol–water partition coefficient (Wildman–Crippen LogP) is 2.36. The second-order valence-corrected chi connectivity index (χ2v) is 9.16. The topological polar surface area (TPSA) is 66.9 Å². The third kappa shape index (κ3) is 3.95. The Balaban J connectivity index is 1.76. The Labute approximate surface area is 158 Å². The van der Waals surface area contributed by atoms with Gasteiger partial charge in [-0.25, -0.2) is 13.4 Å². The normalized spacial score (nSPS) is 19.0. The van der Waals surface area contributed by atoms with Crippen LogP contribution in [0, 0.1) is 0 Å². The molecule has 1 saturated heterocycles. The first-order valence-corrected chi connectivity index (χ1v) is 10.5. The van der Waals surface area contributed by atoms with E-state index in [2.05, 4.69) is 0 Å². The lowest BCUT2D eigenvalue weighted by atomic mass is 10.1.